The minimum atomic E-state index is 0.637. The van der Waals surface area contributed by atoms with Crippen molar-refractivity contribution < 1.29 is 9.15 Å². The summed E-state index contributed by atoms with van der Waals surface area (Å²) >= 11 is 0. The predicted octanol–water partition coefficient (Wildman–Crippen LogP) is 3.24. The minimum Gasteiger partial charge on any atom is -0.494 e. The first kappa shape index (κ1) is 13.6. The Kier molecular flexibility index (Phi) is 4.98. The van der Waals surface area contributed by atoms with Crippen LogP contribution in [0.4, 0.5) is 0 Å². The molecule has 2 aromatic rings. The molecule has 1 N–H and O–H groups in total. The van der Waals surface area contributed by atoms with Crippen LogP contribution < -0.4 is 10.1 Å². The monoisotopic (exact) mass is 260 g/mol. The summed E-state index contributed by atoms with van der Waals surface area (Å²) in [6.07, 6.45) is 3.97. The highest BCUT2D eigenvalue weighted by Gasteiger charge is 2.05. The van der Waals surface area contributed by atoms with E-state index in [9.17, 15) is 0 Å². The maximum atomic E-state index is 5.63. The molecule has 0 atom stereocenters. The zero-order chi connectivity index (χ0) is 13.5. The summed E-state index contributed by atoms with van der Waals surface area (Å²) in [6.45, 7) is 3.56. The van der Waals surface area contributed by atoms with Crippen molar-refractivity contribution in [2.75, 3.05) is 13.7 Å². The molecule has 0 radical (unpaired) electrons. The number of ether oxygens (including phenoxy) is 1. The number of benzene rings is 1. The molecule has 1 heterocycles. The number of hydrogen-bond acceptors (Lipinski definition) is 4. The van der Waals surface area contributed by atoms with Crippen LogP contribution in [0.1, 0.15) is 25.7 Å². The topological polar surface area (TPSA) is 47.3 Å². The highest BCUT2D eigenvalue weighted by molar-refractivity contribution is 5.57. The molecule has 0 fully saturated rings. The van der Waals surface area contributed by atoms with Gasteiger partial charge in [0.25, 0.3) is 0 Å². The maximum absolute atomic E-state index is 5.63. The van der Waals surface area contributed by atoms with Gasteiger partial charge in [-0.2, -0.15) is 0 Å². The molecule has 0 bridgehead atoms. The number of rotatable bonds is 7. The Morgan fingerprint density at radius 2 is 2.05 bits per heavy atom. The van der Waals surface area contributed by atoms with Gasteiger partial charge in [-0.1, -0.05) is 13.3 Å². The van der Waals surface area contributed by atoms with Crippen LogP contribution in [0, 0.1) is 0 Å². The summed E-state index contributed by atoms with van der Waals surface area (Å²) in [5.41, 5.74) is 1.01. The first-order chi connectivity index (χ1) is 9.33. The zero-order valence-corrected chi connectivity index (χ0v) is 11.5. The van der Waals surface area contributed by atoms with Gasteiger partial charge in [-0.25, -0.2) is 4.98 Å². The highest BCUT2D eigenvalue weighted by atomic mass is 16.5. The molecule has 0 aliphatic carbocycles. The lowest BCUT2D eigenvalue weighted by Gasteiger charge is -2.05. The van der Waals surface area contributed by atoms with E-state index in [2.05, 4.69) is 17.2 Å². The van der Waals surface area contributed by atoms with Gasteiger partial charge in [0.1, 0.15) is 5.75 Å². The quantitative estimate of drug-likeness (QED) is 0.776. The summed E-state index contributed by atoms with van der Waals surface area (Å²) in [5.74, 6) is 2.37. The van der Waals surface area contributed by atoms with E-state index in [-0.39, 0.29) is 0 Å². The average Bonchev–Trinajstić information content (AvgIpc) is 2.89. The SMILES string of the molecule is CCCCOc1ccc(-c2cnc(CNC)o2)cc1. The van der Waals surface area contributed by atoms with Crippen LogP contribution in [0.3, 0.4) is 0 Å². The Morgan fingerprint density at radius 1 is 1.26 bits per heavy atom. The molecule has 0 aliphatic rings. The molecular formula is C15H20N2O2. The van der Waals surface area contributed by atoms with Crippen molar-refractivity contribution in [3.05, 3.63) is 36.4 Å². The Bertz CT molecular complexity index is 491. The second-order valence-corrected chi connectivity index (χ2v) is 4.37. The molecule has 0 unspecified atom stereocenters. The number of oxazole rings is 1. The summed E-state index contributed by atoms with van der Waals surface area (Å²) in [4.78, 5) is 4.20. The molecule has 102 valence electrons. The van der Waals surface area contributed by atoms with Crippen LogP contribution >= 0.6 is 0 Å². The normalized spacial score (nSPS) is 10.6. The fourth-order valence-corrected chi connectivity index (χ4v) is 1.73. The van der Waals surface area contributed by atoms with E-state index in [0.717, 1.165) is 36.5 Å². The largest absolute Gasteiger partial charge is 0.494 e. The number of nitrogens with zero attached hydrogens (tertiary/aromatic N) is 1. The summed E-state index contributed by atoms with van der Waals surface area (Å²) in [5, 5.41) is 3.01. The van der Waals surface area contributed by atoms with Crippen molar-refractivity contribution >= 4 is 0 Å². The lowest BCUT2D eigenvalue weighted by molar-refractivity contribution is 0.309. The molecule has 0 amide bonds. The first-order valence-corrected chi connectivity index (χ1v) is 6.66. The first-order valence-electron chi connectivity index (χ1n) is 6.66. The molecule has 0 spiro atoms. The molecule has 2 rings (SSSR count). The molecule has 1 aromatic carbocycles. The van der Waals surface area contributed by atoms with Crippen LogP contribution in [0.25, 0.3) is 11.3 Å². The summed E-state index contributed by atoms with van der Waals surface area (Å²) < 4.78 is 11.3. The van der Waals surface area contributed by atoms with Gasteiger partial charge in [0.2, 0.25) is 5.89 Å². The summed E-state index contributed by atoms with van der Waals surface area (Å²) in [7, 11) is 1.87. The molecule has 0 aliphatic heterocycles. The van der Waals surface area contributed by atoms with Crippen LogP contribution in [0.5, 0.6) is 5.75 Å². The van der Waals surface area contributed by atoms with E-state index in [4.69, 9.17) is 9.15 Å². The molecule has 0 saturated heterocycles. The molecule has 19 heavy (non-hydrogen) atoms. The third-order valence-electron chi connectivity index (χ3n) is 2.79. The maximum Gasteiger partial charge on any atom is 0.208 e. The van der Waals surface area contributed by atoms with Gasteiger partial charge in [0.05, 0.1) is 19.3 Å². The van der Waals surface area contributed by atoms with E-state index in [1.165, 1.54) is 0 Å². The van der Waals surface area contributed by atoms with Crippen molar-refractivity contribution in [3.63, 3.8) is 0 Å². The molecular weight excluding hydrogens is 240 g/mol. The number of aromatic nitrogens is 1. The standard InChI is InChI=1S/C15H20N2O2/c1-3-4-9-18-13-7-5-12(6-8-13)14-10-17-15(19-14)11-16-2/h5-8,10,16H,3-4,9,11H2,1-2H3. The van der Waals surface area contributed by atoms with Gasteiger partial charge in [0, 0.05) is 5.56 Å². The summed E-state index contributed by atoms with van der Waals surface area (Å²) in [6, 6.07) is 7.91. The van der Waals surface area contributed by atoms with E-state index in [0.29, 0.717) is 12.4 Å². The van der Waals surface area contributed by atoms with E-state index in [1.54, 1.807) is 6.20 Å². The van der Waals surface area contributed by atoms with Gasteiger partial charge >= 0.3 is 0 Å². The van der Waals surface area contributed by atoms with Gasteiger partial charge in [-0.05, 0) is 37.7 Å². The van der Waals surface area contributed by atoms with Crippen molar-refractivity contribution in [1.82, 2.24) is 10.3 Å². The third-order valence-corrected chi connectivity index (χ3v) is 2.79. The minimum absolute atomic E-state index is 0.637. The Hall–Kier alpha value is -1.81. The van der Waals surface area contributed by atoms with E-state index in [1.807, 2.05) is 31.3 Å². The molecule has 0 saturated carbocycles. The highest BCUT2D eigenvalue weighted by Crippen LogP contribution is 2.23. The lowest BCUT2D eigenvalue weighted by Crippen LogP contribution is -2.04. The van der Waals surface area contributed by atoms with Crippen molar-refractivity contribution in [3.8, 4) is 17.1 Å². The predicted molar refractivity (Wildman–Crippen MR) is 75.1 cm³/mol. The second kappa shape index (κ2) is 6.95. The number of nitrogens with one attached hydrogen (secondary N) is 1. The molecule has 1 aromatic heterocycles. The van der Waals surface area contributed by atoms with Crippen LogP contribution in [-0.2, 0) is 6.54 Å². The van der Waals surface area contributed by atoms with Crippen molar-refractivity contribution in [2.24, 2.45) is 0 Å². The fourth-order valence-electron chi connectivity index (χ4n) is 1.73. The van der Waals surface area contributed by atoms with Crippen LogP contribution in [0.2, 0.25) is 0 Å². The Morgan fingerprint density at radius 3 is 2.74 bits per heavy atom. The Balaban J connectivity index is 2.00. The lowest BCUT2D eigenvalue weighted by atomic mass is 10.2. The smallest absolute Gasteiger partial charge is 0.208 e. The molecule has 4 heteroatoms. The van der Waals surface area contributed by atoms with Gasteiger partial charge < -0.3 is 14.5 Å². The number of hydrogen-bond donors (Lipinski definition) is 1. The van der Waals surface area contributed by atoms with Crippen molar-refractivity contribution in [1.29, 1.82) is 0 Å². The van der Waals surface area contributed by atoms with Crippen LogP contribution in [-0.4, -0.2) is 18.6 Å². The Labute approximate surface area is 113 Å². The fraction of sp³-hybridized carbons (Fsp3) is 0.400. The number of unbranched alkanes of at least 4 members (excludes halogenated alkanes) is 1. The third kappa shape index (κ3) is 3.83. The van der Waals surface area contributed by atoms with Crippen molar-refractivity contribution in [2.45, 2.75) is 26.3 Å². The average molecular weight is 260 g/mol. The van der Waals surface area contributed by atoms with Gasteiger partial charge in [-0.3, -0.25) is 0 Å². The zero-order valence-electron chi connectivity index (χ0n) is 11.5. The van der Waals surface area contributed by atoms with Gasteiger partial charge in [0.15, 0.2) is 5.76 Å². The van der Waals surface area contributed by atoms with Crippen LogP contribution in [0.15, 0.2) is 34.9 Å². The van der Waals surface area contributed by atoms with E-state index >= 15 is 0 Å². The van der Waals surface area contributed by atoms with E-state index < -0.39 is 0 Å². The van der Waals surface area contributed by atoms with Gasteiger partial charge in [-0.15, -0.1) is 0 Å². The molecule has 4 nitrogen and oxygen atoms in total. The second-order valence-electron chi connectivity index (χ2n) is 4.37.